The van der Waals surface area contributed by atoms with Gasteiger partial charge in [-0.05, 0) is 46.3 Å². The summed E-state index contributed by atoms with van der Waals surface area (Å²) in [5.74, 6) is 0.200. The molecule has 0 N–H and O–H groups in total. The van der Waals surface area contributed by atoms with Crippen molar-refractivity contribution >= 4 is 5.91 Å². The minimum Gasteiger partial charge on any atom is -0.378 e. The summed E-state index contributed by atoms with van der Waals surface area (Å²) in [6.45, 7) is 6.42. The first-order valence-corrected chi connectivity index (χ1v) is 8.16. The van der Waals surface area contributed by atoms with Crippen molar-refractivity contribution in [2.75, 3.05) is 33.8 Å². The maximum Gasteiger partial charge on any atom is 0.244 e. The van der Waals surface area contributed by atoms with E-state index in [1.165, 1.54) is 5.56 Å². The minimum atomic E-state index is -0.205. The Morgan fingerprint density at radius 2 is 2.05 bits per heavy atom. The van der Waals surface area contributed by atoms with Crippen molar-refractivity contribution in [3.8, 4) is 0 Å². The lowest BCUT2D eigenvalue weighted by Crippen LogP contribution is -2.45. The molecule has 0 unspecified atom stereocenters. The van der Waals surface area contributed by atoms with E-state index >= 15 is 0 Å². The number of carbonyl (C=O) groups excluding carboxylic acids is 1. The Labute approximate surface area is 134 Å². The number of amides is 1. The molecule has 4 heteroatoms. The number of nitrogens with zero attached hydrogens (tertiary/aromatic N) is 2. The van der Waals surface area contributed by atoms with Crippen LogP contribution in [-0.2, 0) is 9.53 Å². The van der Waals surface area contributed by atoms with Crippen LogP contribution in [0.3, 0.4) is 0 Å². The molecule has 0 aromatic heterocycles. The van der Waals surface area contributed by atoms with E-state index < -0.39 is 0 Å². The summed E-state index contributed by atoms with van der Waals surface area (Å²) in [5.41, 5.74) is 2.26. The van der Waals surface area contributed by atoms with Crippen molar-refractivity contribution in [1.29, 1.82) is 0 Å². The van der Waals surface area contributed by atoms with Gasteiger partial charge in [-0.1, -0.05) is 29.8 Å². The van der Waals surface area contributed by atoms with Crippen LogP contribution in [-0.4, -0.2) is 55.6 Å². The average molecular weight is 304 g/mol. The first kappa shape index (κ1) is 17.0. The lowest BCUT2D eigenvalue weighted by atomic mass is 10.0. The molecule has 1 aromatic rings. The van der Waals surface area contributed by atoms with Crippen LogP contribution in [0.25, 0.3) is 0 Å². The van der Waals surface area contributed by atoms with Crippen molar-refractivity contribution in [3.63, 3.8) is 0 Å². The van der Waals surface area contributed by atoms with Crippen molar-refractivity contribution in [3.05, 3.63) is 35.4 Å². The maximum absolute atomic E-state index is 13.0. The molecule has 0 aliphatic carbocycles. The Morgan fingerprint density at radius 3 is 2.59 bits per heavy atom. The zero-order chi connectivity index (χ0) is 16.1. The third-order valence-corrected chi connectivity index (χ3v) is 4.26. The van der Waals surface area contributed by atoms with E-state index in [-0.39, 0.29) is 11.9 Å². The Hall–Kier alpha value is -1.39. The summed E-state index contributed by atoms with van der Waals surface area (Å²) in [6.07, 6.45) is 2.19. The third kappa shape index (κ3) is 4.08. The van der Waals surface area contributed by atoms with E-state index in [4.69, 9.17) is 4.74 Å². The summed E-state index contributed by atoms with van der Waals surface area (Å²) < 4.78 is 5.67. The number of piperidine rings is 1. The maximum atomic E-state index is 13.0. The molecule has 1 atom stereocenters. The van der Waals surface area contributed by atoms with Crippen LogP contribution >= 0.6 is 0 Å². The highest BCUT2D eigenvalue weighted by Crippen LogP contribution is 2.24. The van der Waals surface area contributed by atoms with Crippen LogP contribution < -0.4 is 0 Å². The van der Waals surface area contributed by atoms with E-state index in [9.17, 15) is 4.79 Å². The van der Waals surface area contributed by atoms with Gasteiger partial charge in [-0.3, -0.25) is 9.69 Å². The molecule has 2 rings (SSSR count). The molecule has 1 amide bonds. The Kier molecular flexibility index (Phi) is 5.98. The molecule has 1 aliphatic heterocycles. The molecule has 1 aromatic carbocycles. The van der Waals surface area contributed by atoms with Crippen molar-refractivity contribution < 1.29 is 9.53 Å². The fourth-order valence-electron chi connectivity index (χ4n) is 3.15. The molecule has 0 radical (unpaired) electrons. The Balaban J connectivity index is 2.08. The van der Waals surface area contributed by atoms with Gasteiger partial charge in [-0.2, -0.15) is 0 Å². The molecular weight excluding hydrogens is 276 g/mol. The molecule has 122 valence electrons. The fourth-order valence-corrected chi connectivity index (χ4v) is 3.15. The van der Waals surface area contributed by atoms with Crippen LogP contribution in [0.5, 0.6) is 0 Å². The topological polar surface area (TPSA) is 32.8 Å². The molecule has 1 aliphatic rings. The quantitative estimate of drug-likeness (QED) is 0.838. The van der Waals surface area contributed by atoms with E-state index in [1.807, 2.05) is 43.0 Å². The lowest BCUT2D eigenvalue weighted by molar-refractivity contribution is -0.139. The molecule has 4 nitrogen and oxygen atoms in total. The van der Waals surface area contributed by atoms with Gasteiger partial charge in [-0.25, -0.2) is 0 Å². The van der Waals surface area contributed by atoms with Crippen molar-refractivity contribution in [2.24, 2.45) is 0 Å². The van der Waals surface area contributed by atoms with Gasteiger partial charge in [0.1, 0.15) is 6.04 Å². The van der Waals surface area contributed by atoms with Crippen LogP contribution in [0.15, 0.2) is 24.3 Å². The standard InChI is InChI=1S/C18H28N2O2/c1-5-22-16-9-11-20(12-10-16)18(21)17(19(3)4)15-8-6-7-14(2)13-15/h6-8,13,16-17H,5,9-12H2,1-4H3/t17-/m1/s1. The number of benzene rings is 1. The van der Waals surface area contributed by atoms with Gasteiger partial charge in [0, 0.05) is 19.7 Å². The normalized spacial score (nSPS) is 17.8. The predicted octanol–water partition coefficient (Wildman–Crippen LogP) is 2.63. The van der Waals surface area contributed by atoms with Crippen LogP contribution in [0.2, 0.25) is 0 Å². The Bertz CT molecular complexity index is 494. The largest absolute Gasteiger partial charge is 0.378 e. The summed E-state index contributed by atoms with van der Waals surface area (Å²) in [5, 5.41) is 0. The molecule has 0 bridgehead atoms. The summed E-state index contributed by atoms with van der Waals surface area (Å²) in [4.78, 5) is 17.0. The highest BCUT2D eigenvalue weighted by molar-refractivity contribution is 5.83. The number of likely N-dealkylation sites (N-methyl/N-ethyl adjacent to an activating group) is 1. The number of rotatable bonds is 5. The average Bonchev–Trinajstić information content (AvgIpc) is 2.48. The molecule has 0 saturated carbocycles. The highest BCUT2D eigenvalue weighted by Gasteiger charge is 2.30. The van der Waals surface area contributed by atoms with Gasteiger partial charge in [0.05, 0.1) is 6.10 Å². The zero-order valence-corrected chi connectivity index (χ0v) is 14.2. The van der Waals surface area contributed by atoms with E-state index in [0.29, 0.717) is 6.10 Å². The van der Waals surface area contributed by atoms with Gasteiger partial charge >= 0.3 is 0 Å². The van der Waals surface area contributed by atoms with Gasteiger partial charge in [0.15, 0.2) is 0 Å². The molecule has 1 fully saturated rings. The summed E-state index contributed by atoms with van der Waals surface area (Å²) in [7, 11) is 3.94. The third-order valence-electron chi connectivity index (χ3n) is 4.26. The molecule has 1 saturated heterocycles. The van der Waals surface area contributed by atoms with E-state index in [0.717, 1.165) is 38.1 Å². The SMILES string of the molecule is CCOC1CCN(C(=O)[C@@H](c2cccc(C)c2)N(C)C)CC1. The monoisotopic (exact) mass is 304 g/mol. The second-order valence-corrected chi connectivity index (χ2v) is 6.26. The minimum absolute atomic E-state index is 0.200. The lowest BCUT2D eigenvalue weighted by Gasteiger charge is -2.36. The summed E-state index contributed by atoms with van der Waals surface area (Å²) in [6, 6.07) is 8.03. The number of ether oxygens (including phenoxy) is 1. The first-order chi connectivity index (χ1) is 10.5. The predicted molar refractivity (Wildman–Crippen MR) is 88.8 cm³/mol. The smallest absolute Gasteiger partial charge is 0.244 e. The second kappa shape index (κ2) is 7.75. The highest BCUT2D eigenvalue weighted by atomic mass is 16.5. The molecular formula is C18H28N2O2. The number of hydrogen-bond donors (Lipinski definition) is 0. The van der Waals surface area contributed by atoms with Crippen molar-refractivity contribution in [2.45, 2.75) is 38.8 Å². The first-order valence-electron chi connectivity index (χ1n) is 8.16. The van der Waals surface area contributed by atoms with E-state index in [1.54, 1.807) is 0 Å². The number of carbonyl (C=O) groups is 1. The molecule has 0 spiro atoms. The second-order valence-electron chi connectivity index (χ2n) is 6.26. The Morgan fingerprint density at radius 1 is 1.36 bits per heavy atom. The summed E-state index contributed by atoms with van der Waals surface area (Å²) >= 11 is 0. The van der Waals surface area contributed by atoms with Crippen LogP contribution in [0.1, 0.15) is 36.9 Å². The molecule has 22 heavy (non-hydrogen) atoms. The van der Waals surface area contributed by atoms with Crippen LogP contribution in [0.4, 0.5) is 0 Å². The van der Waals surface area contributed by atoms with Gasteiger partial charge < -0.3 is 9.64 Å². The van der Waals surface area contributed by atoms with Gasteiger partial charge in [0.25, 0.3) is 0 Å². The van der Waals surface area contributed by atoms with Gasteiger partial charge in [-0.15, -0.1) is 0 Å². The van der Waals surface area contributed by atoms with E-state index in [2.05, 4.69) is 19.1 Å². The number of hydrogen-bond acceptors (Lipinski definition) is 3. The van der Waals surface area contributed by atoms with Crippen LogP contribution in [0, 0.1) is 6.92 Å². The van der Waals surface area contributed by atoms with Gasteiger partial charge in [0.2, 0.25) is 5.91 Å². The zero-order valence-electron chi connectivity index (χ0n) is 14.2. The van der Waals surface area contributed by atoms with Crippen molar-refractivity contribution in [1.82, 2.24) is 9.80 Å². The molecule has 1 heterocycles. The number of likely N-dealkylation sites (tertiary alicyclic amines) is 1. The fraction of sp³-hybridized carbons (Fsp3) is 0.611. The number of aryl methyl sites for hydroxylation is 1.